The molecule has 4 rings (SSSR count). The molecule has 10 heteroatoms. The van der Waals surface area contributed by atoms with Crippen LogP contribution in [0.4, 0.5) is 19.4 Å². The van der Waals surface area contributed by atoms with Crippen molar-refractivity contribution < 1.29 is 23.0 Å². The van der Waals surface area contributed by atoms with Gasteiger partial charge in [-0.2, -0.15) is 0 Å². The molecular weight excluding hydrogens is 350 g/mol. The van der Waals surface area contributed by atoms with E-state index in [0.29, 0.717) is 0 Å². The number of aryl methyl sites for hydroxylation is 1. The predicted molar refractivity (Wildman–Crippen MR) is 85.3 cm³/mol. The normalized spacial score (nSPS) is 20.7. The van der Waals surface area contributed by atoms with E-state index in [1.54, 1.807) is 0 Å². The quantitative estimate of drug-likeness (QED) is 0.820. The van der Waals surface area contributed by atoms with Crippen LogP contribution >= 0.6 is 0 Å². The van der Waals surface area contributed by atoms with E-state index >= 15 is 0 Å². The monoisotopic (exact) mass is 364 g/mol. The maximum absolute atomic E-state index is 13.8. The van der Waals surface area contributed by atoms with Gasteiger partial charge in [0.15, 0.2) is 23.8 Å². The molecule has 0 bridgehead atoms. The Morgan fingerprint density at radius 3 is 2.35 bits per heavy atom. The summed E-state index contributed by atoms with van der Waals surface area (Å²) in [7, 11) is 1.53. The van der Waals surface area contributed by atoms with Crippen molar-refractivity contribution in [1.29, 1.82) is 0 Å². The van der Waals surface area contributed by atoms with Gasteiger partial charge in [-0.15, -0.1) is 0 Å². The fourth-order valence-electron chi connectivity index (χ4n) is 2.94. The highest BCUT2D eigenvalue weighted by molar-refractivity contribution is 5.88. The van der Waals surface area contributed by atoms with Crippen LogP contribution in [0.5, 0.6) is 11.5 Å². The molecule has 3 heterocycles. The van der Waals surface area contributed by atoms with Crippen LogP contribution in [0.3, 0.4) is 0 Å². The minimum Gasteiger partial charge on any atom is -0.478 e. The lowest BCUT2D eigenvalue weighted by Gasteiger charge is -2.28. The number of anilines is 1. The Labute approximate surface area is 146 Å². The average molecular weight is 364 g/mol. The first-order valence-corrected chi connectivity index (χ1v) is 7.83. The van der Waals surface area contributed by atoms with E-state index in [2.05, 4.69) is 10.3 Å². The predicted octanol–water partition coefficient (Wildman–Crippen LogP) is 1.11. The van der Waals surface area contributed by atoms with Crippen molar-refractivity contribution in [2.75, 3.05) is 18.4 Å². The number of hydrogen-bond donors (Lipinski definition) is 1. The molecule has 26 heavy (non-hydrogen) atoms. The first-order chi connectivity index (χ1) is 12.4. The third-order valence-electron chi connectivity index (χ3n) is 4.30. The van der Waals surface area contributed by atoms with E-state index in [1.165, 1.54) is 28.9 Å². The maximum atomic E-state index is 13.8. The Balaban J connectivity index is 1.50. The molecule has 0 radical (unpaired) electrons. The van der Waals surface area contributed by atoms with Crippen molar-refractivity contribution in [3.63, 3.8) is 0 Å². The minimum absolute atomic E-state index is 0.0963. The lowest BCUT2D eigenvalue weighted by atomic mass is 10.2. The Bertz CT molecular complexity index is 909. The van der Waals surface area contributed by atoms with Crippen molar-refractivity contribution in [3.05, 3.63) is 46.5 Å². The molecule has 2 aliphatic heterocycles. The molecule has 0 spiro atoms. The standard InChI is InChI=1S/C16H14F2N4O4/c1-21-5-4-19-14(15(21)23)20-16(24)22-6-10-11(7-22)26-13-9(18)3-2-8(17)12(13)25-10/h2-5,10-11H,6-7H2,1H3,(H,19,20,24)/t10-,11+. The zero-order valence-corrected chi connectivity index (χ0v) is 13.6. The van der Waals surface area contributed by atoms with Crippen molar-refractivity contribution in [2.24, 2.45) is 7.05 Å². The minimum atomic E-state index is -0.736. The molecule has 0 unspecified atom stereocenters. The number of rotatable bonds is 1. The Morgan fingerprint density at radius 1 is 1.19 bits per heavy atom. The molecule has 2 aromatic rings. The van der Waals surface area contributed by atoms with Crippen LogP contribution in [-0.4, -0.2) is 45.8 Å². The maximum Gasteiger partial charge on any atom is 0.323 e. The van der Waals surface area contributed by atoms with Crippen molar-refractivity contribution in [3.8, 4) is 11.5 Å². The fourth-order valence-corrected chi connectivity index (χ4v) is 2.94. The number of urea groups is 1. The van der Waals surface area contributed by atoms with Gasteiger partial charge in [-0.25, -0.2) is 18.6 Å². The van der Waals surface area contributed by atoms with E-state index in [9.17, 15) is 18.4 Å². The number of ether oxygens (including phenoxy) is 2. The van der Waals surface area contributed by atoms with Crippen LogP contribution in [-0.2, 0) is 7.05 Å². The van der Waals surface area contributed by atoms with Crippen LogP contribution in [0.15, 0.2) is 29.3 Å². The molecule has 2 atom stereocenters. The van der Waals surface area contributed by atoms with Gasteiger partial charge in [0.05, 0.1) is 13.1 Å². The summed E-state index contributed by atoms with van der Waals surface area (Å²) in [5, 5.41) is 2.43. The van der Waals surface area contributed by atoms with Gasteiger partial charge in [-0.1, -0.05) is 0 Å². The van der Waals surface area contributed by atoms with Gasteiger partial charge in [0.2, 0.25) is 17.3 Å². The first-order valence-electron chi connectivity index (χ1n) is 7.83. The number of benzene rings is 1. The van der Waals surface area contributed by atoms with Gasteiger partial charge >= 0.3 is 6.03 Å². The molecule has 1 aromatic carbocycles. The zero-order valence-electron chi connectivity index (χ0n) is 13.6. The summed E-state index contributed by atoms with van der Waals surface area (Å²) in [6, 6.07) is 1.33. The molecule has 136 valence electrons. The largest absolute Gasteiger partial charge is 0.478 e. The number of fused-ring (bicyclic) bond motifs is 2. The molecule has 0 aliphatic carbocycles. The topological polar surface area (TPSA) is 85.7 Å². The molecule has 0 saturated carbocycles. The summed E-state index contributed by atoms with van der Waals surface area (Å²) in [4.78, 5) is 29.5. The van der Waals surface area contributed by atoms with Crippen LogP contribution in [0.25, 0.3) is 0 Å². The molecule has 1 N–H and O–H groups in total. The second-order valence-electron chi connectivity index (χ2n) is 6.03. The summed E-state index contributed by atoms with van der Waals surface area (Å²) < 4.78 is 39.9. The Hall–Kier alpha value is -3.17. The van der Waals surface area contributed by atoms with Gasteiger partial charge in [0.25, 0.3) is 5.56 Å². The van der Waals surface area contributed by atoms with Crippen molar-refractivity contribution >= 4 is 11.8 Å². The van der Waals surface area contributed by atoms with E-state index in [4.69, 9.17) is 9.47 Å². The summed E-state index contributed by atoms with van der Waals surface area (Å²) >= 11 is 0. The average Bonchev–Trinajstić information content (AvgIpc) is 3.04. The zero-order chi connectivity index (χ0) is 18.4. The first kappa shape index (κ1) is 16.3. The van der Waals surface area contributed by atoms with E-state index in [0.717, 1.165) is 12.1 Å². The number of carbonyl (C=O) groups excluding carboxylic acids is 1. The lowest BCUT2D eigenvalue weighted by molar-refractivity contribution is 0.0467. The highest BCUT2D eigenvalue weighted by atomic mass is 19.1. The second kappa shape index (κ2) is 5.97. The molecule has 2 amide bonds. The fraction of sp³-hybridized carbons (Fsp3) is 0.312. The lowest BCUT2D eigenvalue weighted by Crippen LogP contribution is -2.39. The molecule has 2 aliphatic rings. The SMILES string of the molecule is Cn1ccnc(NC(=O)N2C[C@@H]3Oc4c(F)ccc(F)c4O[C@@H]3C2)c1=O. The highest BCUT2D eigenvalue weighted by Crippen LogP contribution is 2.40. The number of likely N-dealkylation sites (tertiary alicyclic amines) is 1. The van der Waals surface area contributed by atoms with Crippen molar-refractivity contribution in [2.45, 2.75) is 12.2 Å². The summed E-state index contributed by atoms with van der Waals surface area (Å²) in [6.45, 7) is 0.193. The van der Waals surface area contributed by atoms with Gasteiger partial charge in [0, 0.05) is 19.4 Å². The van der Waals surface area contributed by atoms with E-state index < -0.39 is 35.4 Å². The number of nitrogens with zero attached hydrogens (tertiary/aromatic N) is 3. The van der Waals surface area contributed by atoms with Crippen LogP contribution < -0.4 is 20.3 Å². The third kappa shape index (κ3) is 2.63. The highest BCUT2D eigenvalue weighted by Gasteiger charge is 2.43. The number of nitrogens with one attached hydrogen (secondary N) is 1. The van der Waals surface area contributed by atoms with Crippen LogP contribution in [0.1, 0.15) is 0 Å². The summed E-state index contributed by atoms with van der Waals surface area (Å²) in [6.07, 6.45) is 1.56. The van der Waals surface area contributed by atoms with E-state index in [-0.39, 0.29) is 30.4 Å². The molecule has 8 nitrogen and oxygen atoms in total. The molecule has 1 aromatic heterocycles. The Kier molecular flexibility index (Phi) is 3.74. The third-order valence-corrected chi connectivity index (χ3v) is 4.30. The van der Waals surface area contributed by atoms with Gasteiger partial charge in [-0.05, 0) is 12.1 Å². The van der Waals surface area contributed by atoms with E-state index in [1.807, 2.05) is 0 Å². The number of halogens is 2. The number of aromatic nitrogens is 2. The smallest absolute Gasteiger partial charge is 0.323 e. The summed E-state index contributed by atoms with van der Waals surface area (Å²) in [5.74, 6) is -2.18. The van der Waals surface area contributed by atoms with Gasteiger partial charge in [0.1, 0.15) is 0 Å². The number of hydrogen-bond acceptors (Lipinski definition) is 5. The molecule has 1 fully saturated rings. The summed E-state index contributed by atoms with van der Waals surface area (Å²) in [5.41, 5.74) is -0.457. The van der Waals surface area contributed by atoms with Gasteiger partial charge in [-0.3, -0.25) is 10.1 Å². The van der Waals surface area contributed by atoms with Gasteiger partial charge < -0.3 is 18.9 Å². The molecule has 1 saturated heterocycles. The number of amides is 2. The second-order valence-corrected chi connectivity index (χ2v) is 6.03. The number of carbonyl (C=O) groups is 1. The van der Waals surface area contributed by atoms with Crippen molar-refractivity contribution in [1.82, 2.24) is 14.5 Å². The Morgan fingerprint density at radius 2 is 1.77 bits per heavy atom. The molecular formula is C16H14F2N4O4. The van der Waals surface area contributed by atoms with Crippen LogP contribution in [0, 0.1) is 11.6 Å². The van der Waals surface area contributed by atoms with Crippen LogP contribution in [0.2, 0.25) is 0 Å².